The summed E-state index contributed by atoms with van der Waals surface area (Å²) in [5.74, 6) is 0.262. The molecule has 160 valence electrons. The third kappa shape index (κ3) is 1.64. The molecule has 0 saturated heterocycles. The van der Waals surface area contributed by atoms with Crippen LogP contribution < -0.4 is 0 Å². The summed E-state index contributed by atoms with van der Waals surface area (Å²) < 4.78 is 10.6. The highest BCUT2D eigenvalue weighted by molar-refractivity contribution is 6.01. The predicted octanol–water partition coefficient (Wildman–Crippen LogP) is 1.75. The Morgan fingerprint density at radius 3 is 1.60 bits per heavy atom. The Kier molecular flexibility index (Phi) is 3.31. The van der Waals surface area contributed by atoms with Gasteiger partial charge in [0.1, 0.15) is 11.6 Å². The largest absolute Gasteiger partial charge is 0.465 e. The number of hydrogen-bond acceptors (Lipinski definition) is 6. The molecule has 0 aromatic carbocycles. The van der Waals surface area contributed by atoms with Crippen molar-refractivity contribution in [3.05, 3.63) is 0 Å². The summed E-state index contributed by atoms with van der Waals surface area (Å²) in [5.41, 5.74) is 0. The van der Waals surface area contributed by atoms with E-state index in [4.69, 9.17) is 9.47 Å². The standard InChI is InChI=1S/C24H28O6/c1-3-29-23(27)20(24(28)30-4-2)17-18-15-13-10(21(18)25)7-5-6-8-9(7)12(13)14-11(8)22(26)19(17)16(14)15/h7-20H,3-6H2,1-2H3/t7-,8+,9?,10-,11+,12?,13-,14-,15+,16+,17?,18-,19-/m1/s1. The van der Waals surface area contributed by atoms with E-state index in [9.17, 15) is 19.2 Å². The number of ether oxygens (including phenoxy) is 2. The predicted molar refractivity (Wildman–Crippen MR) is 101 cm³/mol. The van der Waals surface area contributed by atoms with Gasteiger partial charge in [-0.1, -0.05) is 0 Å². The van der Waals surface area contributed by atoms with Crippen molar-refractivity contribution in [1.82, 2.24) is 0 Å². The average Bonchev–Trinajstić information content (AvgIpc) is 3.47. The lowest BCUT2D eigenvalue weighted by molar-refractivity contribution is -0.166. The van der Waals surface area contributed by atoms with Crippen molar-refractivity contribution in [3.8, 4) is 0 Å². The topological polar surface area (TPSA) is 86.7 Å². The molecule has 0 aromatic rings. The number of Topliss-reactive ketones (excluding diaryl/α,β-unsaturated/α-hetero) is 2. The molecule has 7 aliphatic rings. The molecule has 0 aliphatic heterocycles. The van der Waals surface area contributed by atoms with Crippen molar-refractivity contribution in [1.29, 1.82) is 0 Å². The molecule has 6 nitrogen and oxygen atoms in total. The summed E-state index contributed by atoms with van der Waals surface area (Å²) in [6.45, 7) is 3.75. The van der Waals surface area contributed by atoms with Crippen molar-refractivity contribution < 1.29 is 28.7 Å². The van der Waals surface area contributed by atoms with Crippen LogP contribution in [0.1, 0.15) is 26.7 Å². The molecule has 6 heteroatoms. The zero-order valence-electron chi connectivity index (χ0n) is 17.4. The van der Waals surface area contributed by atoms with Crippen LogP contribution in [0.15, 0.2) is 0 Å². The molecule has 30 heavy (non-hydrogen) atoms. The van der Waals surface area contributed by atoms with Gasteiger partial charge in [0, 0.05) is 29.6 Å². The Hall–Kier alpha value is -1.72. The smallest absolute Gasteiger partial charge is 0.320 e. The number of fused-ring (bicyclic) bond motifs is 2. The van der Waals surface area contributed by atoms with Crippen molar-refractivity contribution in [2.75, 3.05) is 13.2 Å². The van der Waals surface area contributed by atoms with Crippen LogP contribution in [-0.4, -0.2) is 36.7 Å². The van der Waals surface area contributed by atoms with Gasteiger partial charge >= 0.3 is 11.9 Å². The van der Waals surface area contributed by atoms with Crippen LogP contribution in [0.3, 0.4) is 0 Å². The van der Waals surface area contributed by atoms with Crippen LogP contribution in [0, 0.1) is 82.9 Å². The molecule has 7 aliphatic carbocycles. The van der Waals surface area contributed by atoms with Crippen LogP contribution >= 0.6 is 0 Å². The summed E-state index contributed by atoms with van der Waals surface area (Å²) in [4.78, 5) is 53.6. The minimum absolute atomic E-state index is 0.107. The van der Waals surface area contributed by atoms with Crippen LogP contribution in [0.4, 0.5) is 0 Å². The van der Waals surface area contributed by atoms with Gasteiger partial charge in [0.2, 0.25) is 0 Å². The fourth-order valence-corrected chi connectivity index (χ4v) is 10.8. The lowest BCUT2D eigenvalue weighted by Gasteiger charge is -2.31. The van der Waals surface area contributed by atoms with E-state index in [0.717, 1.165) is 12.8 Å². The average molecular weight is 412 g/mol. The monoisotopic (exact) mass is 412 g/mol. The summed E-state index contributed by atoms with van der Waals surface area (Å²) in [6.07, 6.45) is 2.15. The molecular formula is C24H28O6. The first-order valence-electron chi connectivity index (χ1n) is 11.9. The number of carbonyl (C=O) groups excluding carboxylic acids is 4. The molecule has 0 radical (unpaired) electrons. The SMILES string of the molecule is CCOC(=O)C(C(=O)OCC)C1[C@@H]2C(=O)[C@@H]3[C@@H]4C5C6[C@@H](CC[C@@H]63)[C@H]3C(=O)[C@@H]1[C@@H]([C@@H]53)[C@H]42. The van der Waals surface area contributed by atoms with Crippen molar-refractivity contribution in [2.24, 2.45) is 82.9 Å². The Labute approximate surface area is 175 Å². The maximum absolute atomic E-state index is 13.8. The fourth-order valence-electron chi connectivity index (χ4n) is 10.8. The van der Waals surface area contributed by atoms with Gasteiger partial charge in [-0.15, -0.1) is 0 Å². The van der Waals surface area contributed by atoms with Crippen LogP contribution in [0.5, 0.6) is 0 Å². The van der Waals surface area contributed by atoms with E-state index < -0.39 is 23.8 Å². The first kappa shape index (κ1) is 17.9. The van der Waals surface area contributed by atoms with Gasteiger partial charge in [0.05, 0.1) is 13.2 Å². The Morgan fingerprint density at radius 2 is 1.17 bits per heavy atom. The van der Waals surface area contributed by atoms with Gasteiger partial charge in [-0.3, -0.25) is 19.2 Å². The number of hydrogen-bond donors (Lipinski definition) is 0. The van der Waals surface area contributed by atoms with Gasteiger partial charge in [-0.2, -0.15) is 0 Å². The third-order valence-electron chi connectivity index (χ3n) is 10.7. The minimum atomic E-state index is -1.15. The Bertz CT molecular complexity index is 826. The first-order chi connectivity index (χ1) is 14.5. The number of rotatable bonds is 5. The molecule has 0 aromatic heterocycles. The second-order valence-corrected chi connectivity index (χ2v) is 10.8. The van der Waals surface area contributed by atoms with E-state index in [2.05, 4.69) is 0 Å². The lowest BCUT2D eigenvalue weighted by Crippen LogP contribution is -2.44. The van der Waals surface area contributed by atoms with Gasteiger partial charge < -0.3 is 9.47 Å². The molecular weight excluding hydrogens is 384 g/mol. The molecule has 0 spiro atoms. The summed E-state index contributed by atoms with van der Waals surface area (Å²) >= 11 is 0. The highest BCUT2D eigenvalue weighted by atomic mass is 16.6. The van der Waals surface area contributed by atoms with Crippen LogP contribution in [0.25, 0.3) is 0 Å². The van der Waals surface area contributed by atoms with E-state index in [1.165, 1.54) is 0 Å². The van der Waals surface area contributed by atoms with E-state index in [-0.39, 0.29) is 60.3 Å². The number of ketones is 2. The lowest BCUT2D eigenvalue weighted by atomic mass is 9.71. The molecule has 7 saturated carbocycles. The Balaban J connectivity index is 1.39. The molecule has 0 bridgehead atoms. The molecule has 7 fully saturated rings. The van der Waals surface area contributed by atoms with Crippen LogP contribution in [0.2, 0.25) is 0 Å². The van der Waals surface area contributed by atoms with Gasteiger partial charge in [0.15, 0.2) is 5.92 Å². The minimum Gasteiger partial charge on any atom is -0.465 e. The van der Waals surface area contributed by atoms with Crippen molar-refractivity contribution in [2.45, 2.75) is 26.7 Å². The number of carbonyl (C=O) groups is 4. The second kappa shape index (κ2) is 5.55. The van der Waals surface area contributed by atoms with Gasteiger partial charge in [-0.25, -0.2) is 0 Å². The molecule has 0 N–H and O–H groups in total. The van der Waals surface area contributed by atoms with Gasteiger partial charge in [-0.05, 0) is 74.0 Å². The third-order valence-corrected chi connectivity index (χ3v) is 10.7. The van der Waals surface area contributed by atoms with E-state index in [0.29, 0.717) is 35.5 Å². The zero-order valence-corrected chi connectivity index (χ0v) is 17.4. The van der Waals surface area contributed by atoms with E-state index >= 15 is 0 Å². The first-order valence-corrected chi connectivity index (χ1v) is 11.9. The van der Waals surface area contributed by atoms with Crippen LogP contribution in [-0.2, 0) is 28.7 Å². The highest BCUT2D eigenvalue weighted by Crippen LogP contribution is 2.84. The summed E-state index contributed by atoms with van der Waals surface area (Å²) in [5, 5.41) is 0. The van der Waals surface area contributed by atoms with Crippen molar-refractivity contribution in [3.63, 3.8) is 0 Å². The summed E-state index contributed by atoms with van der Waals surface area (Å²) in [7, 11) is 0. The van der Waals surface area contributed by atoms with Crippen molar-refractivity contribution >= 4 is 23.5 Å². The molecule has 0 heterocycles. The fraction of sp³-hybridized carbons (Fsp3) is 0.833. The molecule has 13 atom stereocenters. The molecule has 3 unspecified atom stereocenters. The maximum Gasteiger partial charge on any atom is 0.320 e. The van der Waals surface area contributed by atoms with E-state index in [1.807, 2.05) is 0 Å². The Morgan fingerprint density at radius 1 is 0.733 bits per heavy atom. The zero-order chi connectivity index (χ0) is 20.6. The quantitative estimate of drug-likeness (QED) is 0.505. The molecule has 7 rings (SSSR count). The number of esters is 2. The molecule has 0 amide bonds. The van der Waals surface area contributed by atoms with E-state index in [1.54, 1.807) is 13.8 Å². The van der Waals surface area contributed by atoms with Gasteiger partial charge in [0.25, 0.3) is 0 Å². The summed E-state index contributed by atoms with van der Waals surface area (Å²) in [6, 6.07) is 0. The second-order valence-electron chi connectivity index (χ2n) is 10.8. The normalized spacial score (nSPS) is 54.7. The highest BCUT2D eigenvalue weighted by Gasteiger charge is 2.86. The maximum atomic E-state index is 13.8.